The number of nitrogens with zero attached hydrogens (tertiary/aromatic N) is 2. The van der Waals surface area contributed by atoms with E-state index < -0.39 is 0 Å². The van der Waals surface area contributed by atoms with E-state index >= 15 is 0 Å². The van der Waals surface area contributed by atoms with Crippen LogP contribution in [-0.2, 0) is 0 Å². The summed E-state index contributed by atoms with van der Waals surface area (Å²) in [5, 5.41) is 7.16. The Bertz CT molecular complexity index is 783. The number of benzene rings is 2. The number of nitrogens with one attached hydrogen (secondary N) is 1. The Hall–Kier alpha value is -2.86. The highest BCUT2D eigenvalue weighted by Gasteiger charge is 2.15. The van der Waals surface area contributed by atoms with Crippen LogP contribution in [0.25, 0.3) is 11.4 Å². The summed E-state index contributed by atoms with van der Waals surface area (Å²) < 4.78 is 10.4. The van der Waals surface area contributed by atoms with Gasteiger partial charge in [0.1, 0.15) is 17.3 Å². The van der Waals surface area contributed by atoms with E-state index in [9.17, 15) is 0 Å². The van der Waals surface area contributed by atoms with Crippen molar-refractivity contribution in [3.63, 3.8) is 0 Å². The molecule has 0 bridgehead atoms. The van der Waals surface area contributed by atoms with E-state index in [4.69, 9.17) is 15.2 Å². The molecular formula is C17H18N4O2. The summed E-state index contributed by atoms with van der Waals surface area (Å²) in [4.78, 5) is 4.50. The molecule has 2 aromatic carbocycles. The third kappa shape index (κ3) is 3.17. The highest BCUT2D eigenvalue weighted by molar-refractivity contribution is 5.57. The fourth-order valence-electron chi connectivity index (χ4n) is 2.27. The second-order valence-electron chi connectivity index (χ2n) is 5.03. The monoisotopic (exact) mass is 310 g/mol. The third-order valence-electron chi connectivity index (χ3n) is 3.60. The Morgan fingerprint density at radius 2 is 1.74 bits per heavy atom. The Balaban J connectivity index is 1.85. The lowest BCUT2D eigenvalue weighted by atomic mass is 10.1. The van der Waals surface area contributed by atoms with Crippen LogP contribution in [0.5, 0.6) is 11.5 Å². The molecule has 0 saturated heterocycles. The third-order valence-corrected chi connectivity index (χ3v) is 3.60. The predicted molar refractivity (Wildman–Crippen MR) is 87.4 cm³/mol. The summed E-state index contributed by atoms with van der Waals surface area (Å²) in [6, 6.07) is 14.8. The van der Waals surface area contributed by atoms with Gasteiger partial charge in [0.2, 0.25) is 0 Å². The molecule has 3 rings (SSSR count). The SMILES string of the molecule is COc1ccc([C@H](N)c2nc(-c3cccc(OC)c3)n[nH]2)cc1. The Labute approximate surface area is 134 Å². The van der Waals surface area contributed by atoms with Crippen LogP contribution < -0.4 is 15.2 Å². The van der Waals surface area contributed by atoms with Crippen LogP contribution in [0, 0.1) is 0 Å². The minimum absolute atomic E-state index is 0.382. The quantitative estimate of drug-likeness (QED) is 0.756. The second-order valence-corrected chi connectivity index (χ2v) is 5.03. The molecule has 0 saturated carbocycles. The normalized spacial score (nSPS) is 12.0. The van der Waals surface area contributed by atoms with Gasteiger partial charge in [0.05, 0.1) is 20.3 Å². The number of H-pyrrole nitrogens is 1. The van der Waals surface area contributed by atoms with E-state index in [1.54, 1.807) is 14.2 Å². The van der Waals surface area contributed by atoms with Gasteiger partial charge in [-0.15, -0.1) is 0 Å². The van der Waals surface area contributed by atoms with Gasteiger partial charge in [0, 0.05) is 5.56 Å². The van der Waals surface area contributed by atoms with E-state index in [1.165, 1.54) is 0 Å². The van der Waals surface area contributed by atoms with Crippen molar-refractivity contribution in [1.82, 2.24) is 15.2 Å². The van der Waals surface area contributed by atoms with Crippen LogP contribution in [0.3, 0.4) is 0 Å². The van der Waals surface area contributed by atoms with Gasteiger partial charge in [-0.3, -0.25) is 5.10 Å². The fraction of sp³-hybridized carbons (Fsp3) is 0.176. The average molecular weight is 310 g/mol. The maximum Gasteiger partial charge on any atom is 0.181 e. The summed E-state index contributed by atoms with van der Waals surface area (Å²) in [5.41, 5.74) is 8.06. The molecule has 0 aliphatic carbocycles. The van der Waals surface area contributed by atoms with E-state index in [-0.39, 0.29) is 6.04 Å². The molecule has 118 valence electrons. The molecule has 3 N–H and O–H groups in total. The van der Waals surface area contributed by atoms with E-state index in [1.807, 2.05) is 48.5 Å². The first-order valence-electron chi connectivity index (χ1n) is 7.17. The van der Waals surface area contributed by atoms with E-state index in [2.05, 4.69) is 15.2 Å². The summed E-state index contributed by atoms with van der Waals surface area (Å²) in [7, 11) is 3.26. The van der Waals surface area contributed by atoms with Crippen LogP contribution in [0.4, 0.5) is 0 Å². The lowest BCUT2D eigenvalue weighted by Crippen LogP contribution is -2.13. The van der Waals surface area contributed by atoms with Crippen molar-refractivity contribution in [3.8, 4) is 22.9 Å². The number of nitrogens with two attached hydrogens (primary N) is 1. The largest absolute Gasteiger partial charge is 0.497 e. The number of rotatable bonds is 5. The molecule has 3 aromatic rings. The number of aromatic amines is 1. The lowest BCUT2D eigenvalue weighted by molar-refractivity contribution is 0.414. The van der Waals surface area contributed by atoms with Gasteiger partial charge < -0.3 is 15.2 Å². The maximum absolute atomic E-state index is 6.26. The molecule has 23 heavy (non-hydrogen) atoms. The summed E-state index contributed by atoms with van der Waals surface area (Å²) >= 11 is 0. The maximum atomic E-state index is 6.26. The van der Waals surface area contributed by atoms with Crippen molar-refractivity contribution in [3.05, 3.63) is 59.9 Å². The molecular weight excluding hydrogens is 292 g/mol. The summed E-state index contributed by atoms with van der Waals surface area (Å²) in [5.74, 6) is 2.74. The molecule has 1 aromatic heterocycles. The Kier molecular flexibility index (Phi) is 4.25. The standard InChI is InChI=1S/C17H18N4O2/c1-22-13-8-6-11(7-9-13)15(18)17-19-16(20-21-17)12-4-3-5-14(10-12)23-2/h3-10,15H,18H2,1-2H3,(H,19,20,21)/t15-/m0/s1. The smallest absolute Gasteiger partial charge is 0.181 e. The fourth-order valence-corrected chi connectivity index (χ4v) is 2.27. The number of hydrogen-bond donors (Lipinski definition) is 2. The molecule has 0 amide bonds. The molecule has 6 heteroatoms. The van der Waals surface area contributed by atoms with Crippen LogP contribution >= 0.6 is 0 Å². The van der Waals surface area contributed by atoms with Gasteiger partial charge in [-0.1, -0.05) is 24.3 Å². The van der Waals surface area contributed by atoms with Crippen molar-refractivity contribution in [2.45, 2.75) is 6.04 Å². The zero-order chi connectivity index (χ0) is 16.2. The molecule has 0 fully saturated rings. The predicted octanol–water partition coefficient (Wildman–Crippen LogP) is 2.54. The van der Waals surface area contributed by atoms with Gasteiger partial charge in [-0.25, -0.2) is 4.98 Å². The molecule has 0 aliphatic rings. The molecule has 1 heterocycles. The second kappa shape index (κ2) is 6.50. The zero-order valence-corrected chi connectivity index (χ0v) is 13.0. The first-order valence-corrected chi connectivity index (χ1v) is 7.17. The van der Waals surface area contributed by atoms with Crippen LogP contribution in [-0.4, -0.2) is 29.4 Å². The van der Waals surface area contributed by atoms with E-state index in [0.29, 0.717) is 11.6 Å². The van der Waals surface area contributed by atoms with Gasteiger partial charge >= 0.3 is 0 Å². The topological polar surface area (TPSA) is 86.1 Å². The molecule has 1 atom stereocenters. The molecule has 0 aliphatic heterocycles. The molecule has 0 radical (unpaired) electrons. The molecule has 0 unspecified atom stereocenters. The number of ether oxygens (including phenoxy) is 2. The number of methoxy groups -OCH3 is 2. The van der Waals surface area contributed by atoms with Crippen molar-refractivity contribution < 1.29 is 9.47 Å². The van der Waals surface area contributed by atoms with Crippen molar-refractivity contribution in [1.29, 1.82) is 0 Å². The van der Waals surface area contributed by atoms with Gasteiger partial charge in [-0.05, 0) is 29.8 Å². The van der Waals surface area contributed by atoms with Crippen molar-refractivity contribution in [2.24, 2.45) is 5.73 Å². The minimum atomic E-state index is -0.382. The highest BCUT2D eigenvalue weighted by Crippen LogP contribution is 2.24. The van der Waals surface area contributed by atoms with E-state index in [0.717, 1.165) is 22.6 Å². The zero-order valence-electron chi connectivity index (χ0n) is 13.0. The highest BCUT2D eigenvalue weighted by atomic mass is 16.5. The Morgan fingerprint density at radius 1 is 1.00 bits per heavy atom. The number of hydrogen-bond acceptors (Lipinski definition) is 5. The van der Waals surface area contributed by atoms with Crippen LogP contribution in [0.1, 0.15) is 17.4 Å². The van der Waals surface area contributed by atoms with Crippen LogP contribution in [0.2, 0.25) is 0 Å². The van der Waals surface area contributed by atoms with Crippen molar-refractivity contribution >= 4 is 0 Å². The average Bonchev–Trinajstić information content (AvgIpc) is 3.11. The first-order chi connectivity index (χ1) is 11.2. The number of aromatic nitrogens is 3. The molecule has 6 nitrogen and oxygen atoms in total. The summed E-state index contributed by atoms with van der Waals surface area (Å²) in [6.07, 6.45) is 0. The minimum Gasteiger partial charge on any atom is -0.497 e. The molecule has 0 spiro atoms. The summed E-state index contributed by atoms with van der Waals surface area (Å²) in [6.45, 7) is 0. The Morgan fingerprint density at radius 3 is 2.43 bits per heavy atom. The van der Waals surface area contributed by atoms with Crippen molar-refractivity contribution in [2.75, 3.05) is 14.2 Å². The van der Waals surface area contributed by atoms with Gasteiger partial charge in [0.15, 0.2) is 5.82 Å². The van der Waals surface area contributed by atoms with Gasteiger partial charge in [0.25, 0.3) is 0 Å². The van der Waals surface area contributed by atoms with Crippen LogP contribution in [0.15, 0.2) is 48.5 Å². The first kappa shape index (κ1) is 15.1. The lowest BCUT2D eigenvalue weighted by Gasteiger charge is -2.09. The van der Waals surface area contributed by atoms with Gasteiger partial charge in [-0.2, -0.15) is 5.10 Å².